The number of fused-ring (bicyclic) bond motifs is 4. The van der Waals surface area contributed by atoms with Crippen LogP contribution in [-0.4, -0.2) is 34.7 Å². The van der Waals surface area contributed by atoms with Gasteiger partial charge in [0.1, 0.15) is 17.9 Å². The maximum atomic E-state index is 13.4. The number of benzene rings is 1. The van der Waals surface area contributed by atoms with E-state index in [1.807, 2.05) is 39.1 Å². The van der Waals surface area contributed by atoms with Gasteiger partial charge in [-0.3, -0.25) is 19.3 Å². The van der Waals surface area contributed by atoms with Crippen LogP contribution in [0.15, 0.2) is 18.2 Å². The lowest BCUT2D eigenvalue weighted by atomic mass is 9.76. The molecule has 0 unspecified atom stereocenters. The average molecular weight is 391 g/mol. The summed E-state index contributed by atoms with van der Waals surface area (Å²) in [6.45, 7) is 7.91. The van der Waals surface area contributed by atoms with E-state index in [1.54, 1.807) is 12.1 Å². The van der Waals surface area contributed by atoms with E-state index in [-0.39, 0.29) is 35.7 Å². The fraction of sp³-hybridized carbons (Fsp3) is 0.550. The second kappa shape index (κ2) is 6.04. The predicted molar refractivity (Wildman–Crippen MR) is 101 cm³/mol. The number of amides is 3. The van der Waals surface area contributed by atoms with Gasteiger partial charge in [-0.1, -0.05) is 38.4 Å². The molecule has 6 nitrogen and oxygen atoms in total. The first-order valence-electron chi connectivity index (χ1n) is 9.59. The van der Waals surface area contributed by atoms with Crippen molar-refractivity contribution in [2.45, 2.75) is 51.7 Å². The normalized spacial score (nSPS) is 33.0. The lowest BCUT2D eigenvalue weighted by Crippen LogP contribution is -2.99. The number of anilines is 1. The quantitative estimate of drug-likeness (QED) is 0.767. The van der Waals surface area contributed by atoms with Gasteiger partial charge in [0.15, 0.2) is 0 Å². The lowest BCUT2D eigenvalue weighted by molar-refractivity contribution is -0.738. The molecule has 0 radical (unpaired) electrons. The van der Waals surface area contributed by atoms with Crippen LogP contribution in [0.25, 0.3) is 0 Å². The van der Waals surface area contributed by atoms with E-state index in [2.05, 4.69) is 5.32 Å². The largest absolute Gasteiger partial charge is 0.326 e. The fourth-order valence-corrected chi connectivity index (χ4v) is 5.35. The van der Waals surface area contributed by atoms with Crippen LogP contribution in [-0.2, 0) is 19.9 Å². The monoisotopic (exact) mass is 390 g/mol. The SMILES string of the molecule is CC[C@H](C)N1C(=O)[C@H]2[C@@H](C1=O)[C@]1([NH2+][C@H]2C(C)C)C(=O)Nc2c(Cl)cccc21. The Morgan fingerprint density at radius 3 is 2.56 bits per heavy atom. The maximum Gasteiger partial charge on any atom is 0.291 e. The number of nitrogens with two attached hydrogens (primary N) is 1. The van der Waals surface area contributed by atoms with E-state index in [9.17, 15) is 14.4 Å². The van der Waals surface area contributed by atoms with Crippen LogP contribution >= 0.6 is 11.6 Å². The molecule has 1 aromatic rings. The molecular weight excluding hydrogens is 366 g/mol. The van der Waals surface area contributed by atoms with Gasteiger partial charge in [-0.25, -0.2) is 0 Å². The molecule has 0 aromatic heterocycles. The summed E-state index contributed by atoms with van der Waals surface area (Å²) in [5, 5.41) is 5.28. The number of nitrogens with one attached hydrogen (secondary N) is 1. The highest BCUT2D eigenvalue weighted by molar-refractivity contribution is 6.35. The molecule has 3 heterocycles. The number of imide groups is 1. The summed E-state index contributed by atoms with van der Waals surface area (Å²) in [4.78, 5) is 41.3. The maximum absolute atomic E-state index is 13.4. The number of para-hydroxylation sites is 1. The number of carbonyl (C=O) groups is 3. The topological polar surface area (TPSA) is 83.1 Å². The molecule has 27 heavy (non-hydrogen) atoms. The molecule has 1 spiro atoms. The van der Waals surface area contributed by atoms with Crippen molar-refractivity contribution in [2.75, 3.05) is 5.32 Å². The minimum atomic E-state index is -1.13. The van der Waals surface area contributed by atoms with Crippen molar-refractivity contribution in [1.29, 1.82) is 0 Å². The summed E-state index contributed by atoms with van der Waals surface area (Å²) >= 11 is 6.31. The van der Waals surface area contributed by atoms with Gasteiger partial charge >= 0.3 is 0 Å². The van der Waals surface area contributed by atoms with Crippen LogP contribution in [0, 0.1) is 17.8 Å². The molecule has 2 fully saturated rings. The van der Waals surface area contributed by atoms with E-state index >= 15 is 0 Å². The molecule has 5 atom stereocenters. The van der Waals surface area contributed by atoms with Crippen LogP contribution in [0.3, 0.4) is 0 Å². The number of carbonyl (C=O) groups excluding carboxylic acids is 3. The molecule has 0 saturated carbocycles. The number of hydrogen-bond donors (Lipinski definition) is 2. The van der Waals surface area contributed by atoms with Crippen molar-refractivity contribution >= 4 is 35.0 Å². The molecular formula is C20H25ClN3O3+. The Morgan fingerprint density at radius 1 is 1.22 bits per heavy atom. The molecule has 3 aliphatic heterocycles. The molecule has 3 N–H and O–H groups in total. The number of halogens is 1. The molecule has 3 aliphatic rings. The Balaban J connectivity index is 1.92. The molecule has 4 rings (SSSR count). The van der Waals surface area contributed by atoms with Crippen molar-refractivity contribution in [3.05, 3.63) is 28.8 Å². The zero-order valence-electron chi connectivity index (χ0n) is 16.0. The van der Waals surface area contributed by atoms with E-state index < -0.39 is 17.4 Å². The van der Waals surface area contributed by atoms with Gasteiger partial charge < -0.3 is 10.6 Å². The third kappa shape index (κ3) is 2.20. The number of rotatable bonds is 3. The standard InChI is InChI=1S/C20H24ClN3O3/c1-5-10(4)24-17(25)13-14(18(24)26)20(23-15(13)9(2)3)11-7-6-8-12(21)16(11)22-19(20)27/h6-10,13-15,23H,5H2,1-4H3,(H,22,27)/p+1/t10-,13-,14-,15-,20-/m0/s1. The molecule has 144 valence electrons. The Morgan fingerprint density at radius 2 is 1.93 bits per heavy atom. The van der Waals surface area contributed by atoms with Gasteiger partial charge in [0.2, 0.25) is 17.4 Å². The molecule has 0 aliphatic carbocycles. The van der Waals surface area contributed by atoms with Crippen LogP contribution in [0.2, 0.25) is 5.02 Å². The van der Waals surface area contributed by atoms with Gasteiger partial charge in [0.25, 0.3) is 5.91 Å². The van der Waals surface area contributed by atoms with Gasteiger partial charge in [0, 0.05) is 17.5 Å². The lowest BCUT2D eigenvalue weighted by Gasteiger charge is -2.29. The van der Waals surface area contributed by atoms with Crippen LogP contribution in [0.5, 0.6) is 0 Å². The summed E-state index contributed by atoms with van der Waals surface area (Å²) in [7, 11) is 0. The first-order valence-corrected chi connectivity index (χ1v) is 9.96. The second-order valence-electron chi connectivity index (χ2n) is 8.28. The third-order valence-electron chi connectivity index (χ3n) is 6.62. The van der Waals surface area contributed by atoms with Crippen molar-refractivity contribution < 1.29 is 19.7 Å². The first kappa shape index (κ1) is 18.4. The summed E-state index contributed by atoms with van der Waals surface area (Å²) in [6, 6.07) is 5.04. The highest BCUT2D eigenvalue weighted by atomic mass is 35.5. The van der Waals surface area contributed by atoms with E-state index in [4.69, 9.17) is 11.6 Å². The van der Waals surface area contributed by atoms with Crippen LogP contribution < -0.4 is 10.6 Å². The molecule has 7 heteroatoms. The van der Waals surface area contributed by atoms with E-state index in [0.717, 1.165) is 0 Å². The van der Waals surface area contributed by atoms with Gasteiger partial charge in [0.05, 0.1) is 10.7 Å². The summed E-state index contributed by atoms with van der Waals surface area (Å²) in [5.74, 6) is -1.69. The molecule has 2 saturated heterocycles. The molecule has 0 bridgehead atoms. The van der Waals surface area contributed by atoms with Gasteiger partial charge in [-0.15, -0.1) is 0 Å². The van der Waals surface area contributed by atoms with Crippen molar-refractivity contribution in [3.8, 4) is 0 Å². The van der Waals surface area contributed by atoms with Crippen molar-refractivity contribution in [2.24, 2.45) is 17.8 Å². The zero-order chi connectivity index (χ0) is 19.7. The first-order chi connectivity index (χ1) is 12.8. The summed E-state index contributed by atoms with van der Waals surface area (Å²) in [5.41, 5.74) is 0.144. The Labute approximate surface area is 163 Å². The van der Waals surface area contributed by atoms with Gasteiger partial charge in [-0.2, -0.15) is 0 Å². The highest BCUT2D eigenvalue weighted by Gasteiger charge is 2.74. The Bertz CT molecular complexity index is 855. The average Bonchev–Trinajstić information content (AvgIpc) is 3.21. The minimum Gasteiger partial charge on any atom is -0.326 e. The second-order valence-corrected chi connectivity index (χ2v) is 8.69. The van der Waals surface area contributed by atoms with Crippen LogP contribution in [0.1, 0.15) is 39.7 Å². The number of likely N-dealkylation sites (tertiary alicyclic amines) is 1. The number of hydrogen-bond acceptors (Lipinski definition) is 3. The predicted octanol–water partition coefficient (Wildman–Crippen LogP) is 1.49. The van der Waals surface area contributed by atoms with Gasteiger partial charge in [-0.05, 0) is 25.5 Å². The summed E-state index contributed by atoms with van der Waals surface area (Å²) in [6.07, 6.45) is 0.689. The smallest absolute Gasteiger partial charge is 0.291 e. The minimum absolute atomic E-state index is 0.140. The van der Waals surface area contributed by atoms with E-state index in [1.165, 1.54) is 4.90 Å². The number of nitrogens with zero attached hydrogens (tertiary/aromatic N) is 1. The van der Waals surface area contributed by atoms with Crippen molar-refractivity contribution in [3.63, 3.8) is 0 Å². The summed E-state index contributed by atoms with van der Waals surface area (Å²) < 4.78 is 0. The fourth-order valence-electron chi connectivity index (χ4n) is 5.12. The zero-order valence-corrected chi connectivity index (χ0v) is 16.7. The third-order valence-corrected chi connectivity index (χ3v) is 6.94. The van der Waals surface area contributed by atoms with Crippen molar-refractivity contribution in [1.82, 2.24) is 4.90 Å². The molecule has 3 amide bonds. The number of quaternary nitrogens is 1. The van der Waals surface area contributed by atoms with E-state index in [0.29, 0.717) is 22.7 Å². The highest BCUT2D eigenvalue weighted by Crippen LogP contribution is 2.51. The van der Waals surface area contributed by atoms with Crippen LogP contribution in [0.4, 0.5) is 5.69 Å². The Hall–Kier alpha value is -1.92. The molecule has 1 aromatic carbocycles. The Kier molecular flexibility index (Phi) is 4.13.